The molecule has 0 radical (unpaired) electrons. The maximum Gasteiger partial charge on any atom is 0.0439 e. The molecule has 0 aliphatic rings. The predicted octanol–water partition coefficient (Wildman–Crippen LogP) is 4.98. The lowest BCUT2D eigenvalue weighted by molar-refractivity contribution is 0.780. The lowest BCUT2D eigenvalue weighted by Gasteiger charge is -1.95. The van der Waals surface area contributed by atoms with Gasteiger partial charge in [0.25, 0.3) is 0 Å². The summed E-state index contributed by atoms with van der Waals surface area (Å²) in [6.45, 7) is 17.2. The Morgan fingerprint density at radius 1 is 0.625 bits per heavy atom. The van der Waals surface area contributed by atoms with E-state index >= 15 is 0 Å². The van der Waals surface area contributed by atoms with Gasteiger partial charge in [-0.1, -0.05) is 53.7 Å². The van der Waals surface area contributed by atoms with Crippen molar-refractivity contribution < 1.29 is 0 Å². The van der Waals surface area contributed by atoms with E-state index in [2.05, 4.69) is 72.5 Å². The van der Waals surface area contributed by atoms with Crippen molar-refractivity contribution >= 4 is 6.21 Å². The van der Waals surface area contributed by atoms with Crippen LogP contribution >= 0.6 is 0 Å². The Morgan fingerprint density at radius 2 is 1.00 bits per heavy atom. The summed E-state index contributed by atoms with van der Waals surface area (Å²) in [5.41, 5.74) is 0. The van der Waals surface area contributed by atoms with Crippen LogP contribution in [0.25, 0.3) is 0 Å². The van der Waals surface area contributed by atoms with E-state index in [9.17, 15) is 0 Å². The summed E-state index contributed by atoms with van der Waals surface area (Å²) in [5, 5.41) is 0. The SMILES string of the molecule is CC(C)/C=C/C(C)C.CC(C)C=NC(C)C. The van der Waals surface area contributed by atoms with Crippen molar-refractivity contribution in [1.82, 2.24) is 0 Å². The maximum absolute atomic E-state index is 4.20. The fraction of sp³-hybridized carbons (Fsp3) is 0.800. The van der Waals surface area contributed by atoms with E-state index < -0.39 is 0 Å². The first-order chi connectivity index (χ1) is 7.25. The molecule has 0 aliphatic carbocycles. The van der Waals surface area contributed by atoms with Crippen LogP contribution in [0.3, 0.4) is 0 Å². The molecular weight excluding hydrogens is 194 g/mol. The Hall–Kier alpha value is -0.590. The zero-order valence-corrected chi connectivity index (χ0v) is 12.5. The van der Waals surface area contributed by atoms with Gasteiger partial charge in [0.1, 0.15) is 0 Å². The minimum absolute atomic E-state index is 0.456. The third kappa shape index (κ3) is 23.3. The Labute approximate surface area is 103 Å². The van der Waals surface area contributed by atoms with E-state index in [0.717, 1.165) is 0 Å². The van der Waals surface area contributed by atoms with Crippen molar-refractivity contribution in [1.29, 1.82) is 0 Å². The van der Waals surface area contributed by atoms with Crippen molar-refractivity contribution in [2.24, 2.45) is 22.7 Å². The summed E-state index contributed by atoms with van der Waals surface area (Å²) in [6, 6.07) is 0.456. The van der Waals surface area contributed by atoms with E-state index in [1.54, 1.807) is 0 Å². The topological polar surface area (TPSA) is 12.4 Å². The van der Waals surface area contributed by atoms with Crippen molar-refractivity contribution in [3.63, 3.8) is 0 Å². The number of nitrogens with zero attached hydrogens (tertiary/aromatic N) is 1. The second-order valence-corrected chi connectivity index (χ2v) is 5.51. The van der Waals surface area contributed by atoms with E-state index in [1.165, 1.54) is 0 Å². The van der Waals surface area contributed by atoms with Gasteiger partial charge in [0, 0.05) is 12.3 Å². The summed E-state index contributed by atoms with van der Waals surface area (Å²) in [6.07, 6.45) is 6.47. The molecule has 0 amide bonds. The largest absolute Gasteiger partial charge is 0.295 e. The summed E-state index contributed by atoms with van der Waals surface area (Å²) in [7, 11) is 0. The van der Waals surface area contributed by atoms with Crippen LogP contribution in [-0.4, -0.2) is 12.3 Å². The Balaban J connectivity index is 0. The second kappa shape index (κ2) is 10.9. The molecule has 0 rings (SSSR count). The first kappa shape index (κ1) is 17.8. The minimum Gasteiger partial charge on any atom is -0.295 e. The van der Waals surface area contributed by atoms with Crippen molar-refractivity contribution in [2.45, 2.75) is 61.4 Å². The average Bonchev–Trinajstić information content (AvgIpc) is 2.12. The van der Waals surface area contributed by atoms with Gasteiger partial charge in [-0.15, -0.1) is 0 Å². The first-order valence-electron chi connectivity index (χ1n) is 6.47. The molecule has 0 spiro atoms. The summed E-state index contributed by atoms with van der Waals surface area (Å²) < 4.78 is 0. The number of aliphatic imine (C=N–C) groups is 1. The molecule has 0 unspecified atom stereocenters. The van der Waals surface area contributed by atoms with Crippen LogP contribution in [-0.2, 0) is 0 Å². The standard InChI is InChI=1S/C8H16.C7H15N/c1-7(2)5-6-8(3)4;1-6(2)5-8-7(3)4/h5-8H,1-4H3;5-7H,1-4H3/b6-5+;. The molecule has 0 N–H and O–H groups in total. The molecule has 0 aliphatic heterocycles. The fourth-order valence-corrected chi connectivity index (χ4v) is 0.789. The Morgan fingerprint density at radius 3 is 1.12 bits per heavy atom. The average molecular weight is 225 g/mol. The number of hydrogen-bond acceptors (Lipinski definition) is 1. The van der Waals surface area contributed by atoms with Crippen molar-refractivity contribution in [3.8, 4) is 0 Å². The molecular formula is C15H31N. The van der Waals surface area contributed by atoms with Gasteiger partial charge in [0.15, 0.2) is 0 Å². The molecule has 0 aromatic heterocycles. The molecule has 0 aromatic carbocycles. The Kier molecular flexibility index (Phi) is 12.1. The molecule has 0 bridgehead atoms. The van der Waals surface area contributed by atoms with Crippen LogP contribution in [0.1, 0.15) is 55.4 Å². The second-order valence-electron chi connectivity index (χ2n) is 5.51. The van der Waals surface area contributed by atoms with Gasteiger partial charge < -0.3 is 0 Å². The molecule has 0 aromatic rings. The normalized spacial score (nSPS) is 12.2. The van der Waals surface area contributed by atoms with Crippen LogP contribution < -0.4 is 0 Å². The highest BCUT2D eigenvalue weighted by Gasteiger charge is 1.86. The summed E-state index contributed by atoms with van der Waals surface area (Å²) >= 11 is 0. The van der Waals surface area contributed by atoms with E-state index in [4.69, 9.17) is 0 Å². The van der Waals surface area contributed by atoms with Crippen LogP contribution in [0.15, 0.2) is 17.1 Å². The minimum atomic E-state index is 0.456. The van der Waals surface area contributed by atoms with Gasteiger partial charge in [-0.25, -0.2) is 0 Å². The molecule has 0 fully saturated rings. The molecule has 1 nitrogen and oxygen atoms in total. The maximum atomic E-state index is 4.20. The number of rotatable bonds is 4. The monoisotopic (exact) mass is 225 g/mol. The van der Waals surface area contributed by atoms with E-state index in [-0.39, 0.29) is 0 Å². The van der Waals surface area contributed by atoms with Crippen LogP contribution in [0.4, 0.5) is 0 Å². The highest BCUT2D eigenvalue weighted by atomic mass is 14.7. The molecule has 0 heterocycles. The third-order valence-electron chi connectivity index (χ3n) is 1.56. The Bertz CT molecular complexity index is 144. The van der Waals surface area contributed by atoms with Gasteiger partial charge in [-0.3, -0.25) is 4.99 Å². The quantitative estimate of drug-likeness (QED) is 0.473. The zero-order valence-electron chi connectivity index (χ0n) is 12.5. The van der Waals surface area contributed by atoms with Crippen LogP contribution in [0.5, 0.6) is 0 Å². The van der Waals surface area contributed by atoms with Gasteiger partial charge in [-0.2, -0.15) is 0 Å². The van der Waals surface area contributed by atoms with Gasteiger partial charge in [0.2, 0.25) is 0 Å². The lowest BCUT2D eigenvalue weighted by atomic mass is 10.1. The summed E-state index contributed by atoms with van der Waals surface area (Å²) in [5.74, 6) is 2.01. The molecule has 0 atom stereocenters. The summed E-state index contributed by atoms with van der Waals surface area (Å²) in [4.78, 5) is 4.20. The third-order valence-corrected chi connectivity index (χ3v) is 1.56. The number of allylic oxidation sites excluding steroid dienone is 2. The molecule has 0 saturated carbocycles. The van der Waals surface area contributed by atoms with Gasteiger partial charge in [0.05, 0.1) is 0 Å². The fourth-order valence-electron chi connectivity index (χ4n) is 0.789. The van der Waals surface area contributed by atoms with E-state index in [0.29, 0.717) is 23.8 Å². The molecule has 1 heteroatoms. The van der Waals surface area contributed by atoms with Crippen LogP contribution in [0.2, 0.25) is 0 Å². The highest BCUT2D eigenvalue weighted by Crippen LogP contribution is 1.99. The van der Waals surface area contributed by atoms with Crippen molar-refractivity contribution in [3.05, 3.63) is 12.2 Å². The molecule has 0 saturated heterocycles. The first-order valence-corrected chi connectivity index (χ1v) is 6.47. The van der Waals surface area contributed by atoms with Gasteiger partial charge >= 0.3 is 0 Å². The molecule has 16 heavy (non-hydrogen) atoms. The van der Waals surface area contributed by atoms with Gasteiger partial charge in [-0.05, 0) is 31.6 Å². The van der Waals surface area contributed by atoms with E-state index in [1.807, 2.05) is 6.21 Å². The predicted molar refractivity (Wildman–Crippen MR) is 77.3 cm³/mol. The van der Waals surface area contributed by atoms with Crippen molar-refractivity contribution in [2.75, 3.05) is 0 Å². The number of hydrogen-bond donors (Lipinski definition) is 0. The zero-order chi connectivity index (χ0) is 13.1. The van der Waals surface area contributed by atoms with Crippen LogP contribution in [0, 0.1) is 17.8 Å². The molecule has 96 valence electrons. The smallest absolute Gasteiger partial charge is 0.0439 e. The highest BCUT2D eigenvalue weighted by molar-refractivity contribution is 5.59. The lowest BCUT2D eigenvalue weighted by Crippen LogP contribution is -1.93.